The molecule has 0 aromatic heterocycles. The van der Waals surface area contributed by atoms with Gasteiger partial charge in [0.2, 0.25) is 0 Å². The van der Waals surface area contributed by atoms with Gasteiger partial charge in [-0.3, -0.25) is 0 Å². The van der Waals surface area contributed by atoms with E-state index in [1.807, 2.05) is 60.7 Å². The van der Waals surface area contributed by atoms with Gasteiger partial charge in [-0.2, -0.15) is 0 Å². The van der Waals surface area contributed by atoms with E-state index in [4.69, 9.17) is 11.6 Å². The average molecular weight is 335 g/mol. The van der Waals surface area contributed by atoms with Crippen LogP contribution >= 0.6 is 23.4 Å². The Kier molecular flexibility index (Phi) is 5.42. The highest BCUT2D eigenvalue weighted by Crippen LogP contribution is 2.35. The largest absolute Gasteiger partial charge is 0.105 e. The lowest BCUT2D eigenvalue weighted by Gasteiger charge is -2.11. The van der Waals surface area contributed by atoms with Crippen molar-refractivity contribution in [2.24, 2.45) is 0 Å². The van der Waals surface area contributed by atoms with E-state index >= 15 is 0 Å². The third-order valence-electron chi connectivity index (χ3n) is 3.29. The van der Waals surface area contributed by atoms with Crippen molar-refractivity contribution in [1.82, 2.24) is 0 Å². The van der Waals surface area contributed by atoms with E-state index in [-0.39, 0.29) is 5.25 Å². The van der Waals surface area contributed by atoms with Crippen LogP contribution in [0.1, 0.15) is 16.4 Å². The minimum Gasteiger partial charge on any atom is -0.105 e. The van der Waals surface area contributed by atoms with Gasteiger partial charge in [0.15, 0.2) is 0 Å². The summed E-state index contributed by atoms with van der Waals surface area (Å²) < 4.78 is 0. The number of rotatable bonds is 3. The van der Waals surface area contributed by atoms with Gasteiger partial charge in [-0.1, -0.05) is 72.0 Å². The standard InChI is InChI=1S/C21H15ClS/c22-19-12-14-20(15-13-19)23-21(18-9-5-2-6-10-18)16-11-17-7-3-1-4-8-17/h1-10,12-15,21H. The van der Waals surface area contributed by atoms with Crippen LogP contribution in [-0.4, -0.2) is 0 Å². The summed E-state index contributed by atoms with van der Waals surface area (Å²) in [4.78, 5) is 1.16. The second-order valence-electron chi connectivity index (χ2n) is 5.00. The first kappa shape index (κ1) is 15.7. The molecule has 0 heterocycles. The Morgan fingerprint density at radius 1 is 0.739 bits per heavy atom. The minimum absolute atomic E-state index is 0.0811. The lowest BCUT2D eigenvalue weighted by atomic mass is 10.1. The van der Waals surface area contributed by atoms with E-state index in [0.29, 0.717) is 0 Å². The summed E-state index contributed by atoms with van der Waals surface area (Å²) in [5, 5.41) is 0.832. The van der Waals surface area contributed by atoms with Gasteiger partial charge in [-0.05, 0) is 42.0 Å². The summed E-state index contributed by atoms with van der Waals surface area (Å²) >= 11 is 7.71. The van der Waals surface area contributed by atoms with Crippen molar-refractivity contribution in [3.8, 4) is 11.8 Å². The third kappa shape index (κ3) is 4.66. The molecule has 0 spiro atoms. The van der Waals surface area contributed by atoms with Crippen molar-refractivity contribution in [1.29, 1.82) is 0 Å². The highest BCUT2D eigenvalue weighted by molar-refractivity contribution is 7.99. The van der Waals surface area contributed by atoms with E-state index < -0.39 is 0 Å². The average Bonchev–Trinajstić information content (AvgIpc) is 2.62. The molecular weight excluding hydrogens is 320 g/mol. The molecule has 23 heavy (non-hydrogen) atoms. The fourth-order valence-electron chi connectivity index (χ4n) is 2.13. The van der Waals surface area contributed by atoms with Crippen LogP contribution in [0.5, 0.6) is 0 Å². The molecule has 3 aromatic carbocycles. The summed E-state index contributed by atoms with van der Waals surface area (Å²) in [5.41, 5.74) is 2.24. The monoisotopic (exact) mass is 334 g/mol. The lowest BCUT2D eigenvalue weighted by Crippen LogP contribution is -1.91. The molecule has 2 heteroatoms. The van der Waals surface area contributed by atoms with Gasteiger partial charge in [-0.25, -0.2) is 0 Å². The van der Waals surface area contributed by atoms with Crippen molar-refractivity contribution in [3.05, 3.63) is 101 Å². The van der Waals surface area contributed by atoms with Gasteiger partial charge in [0.1, 0.15) is 0 Å². The van der Waals surface area contributed by atoms with Crippen LogP contribution in [0.15, 0.2) is 89.8 Å². The summed E-state index contributed by atoms with van der Waals surface area (Å²) in [6, 6.07) is 28.3. The van der Waals surface area contributed by atoms with E-state index in [0.717, 1.165) is 15.5 Å². The van der Waals surface area contributed by atoms with E-state index in [1.165, 1.54) is 5.56 Å². The van der Waals surface area contributed by atoms with E-state index in [2.05, 4.69) is 36.1 Å². The first-order valence-electron chi connectivity index (χ1n) is 7.35. The Morgan fingerprint density at radius 2 is 1.35 bits per heavy atom. The molecule has 0 saturated carbocycles. The molecule has 0 aliphatic heterocycles. The zero-order chi connectivity index (χ0) is 15.9. The summed E-state index contributed by atoms with van der Waals surface area (Å²) in [6.07, 6.45) is 0. The quantitative estimate of drug-likeness (QED) is 0.404. The molecule has 0 amide bonds. The topological polar surface area (TPSA) is 0 Å². The maximum absolute atomic E-state index is 5.97. The molecule has 0 nitrogen and oxygen atoms in total. The molecule has 1 unspecified atom stereocenters. The summed E-state index contributed by atoms with van der Waals surface area (Å²) in [5.74, 6) is 6.67. The zero-order valence-electron chi connectivity index (χ0n) is 12.4. The molecule has 0 fully saturated rings. The molecule has 3 rings (SSSR count). The Hall–Kier alpha value is -2.14. The van der Waals surface area contributed by atoms with Crippen molar-refractivity contribution < 1.29 is 0 Å². The van der Waals surface area contributed by atoms with Gasteiger partial charge in [0.05, 0.1) is 5.25 Å². The molecule has 0 radical (unpaired) electrons. The predicted octanol–water partition coefficient (Wildman–Crippen LogP) is 6.23. The number of thioether (sulfide) groups is 1. The fraction of sp³-hybridized carbons (Fsp3) is 0.0476. The van der Waals surface area contributed by atoms with Gasteiger partial charge < -0.3 is 0 Å². The Bertz CT molecular complexity index is 799. The van der Waals surface area contributed by atoms with Crippen molar-refractivity contribution in [3.63, 3.8) is 0 Å². The first-order valence-corrected chi connectivity index (χ1v) is 8.61. The van der Waals surface area contributed by atoms with Crippen LogP contribution < -0.4 is 0 Å². The maximum atomic E-state index is 5.97. The zero-order valence-corrected chi connectivity index (χ0v) is 14.0. The van der Waals surface area contributed by atoms with Gasteiger partial charge in [-0.15, -0.1) is 11.8 Å². The lowest BCUT2D eigenvalue weighted by molar-refractivity contribution is 1.26. The molecule has 0 N–H and O–H groups in total. The SMILES string of the molecule is Clc1ccc(SC(C#Cc2ccccc2)c2ccccc2)cc1. The van der Waals surface area contributed by atoms with E-state index in [1.54, 1.807) is 11.8 Å². The Labute approximate surface area is 146 Å². The third-order valence-corrected chi connectivity index (χ3v) is 4.71. The Balaban J connectivity index is 1.88. The number of hydrogen-bond donors (Lipinski definition) is 0. The molecule has 112 valence electrons. The van der Waals surface area contributed by atoms with Gasteiger partial charge in [0, 0.05) is 15.5 Å². The van der Waals surface area contributed by atoms with Crippen LogP contribution in [0.2, 0.25) is 5.02 Å². The molecule has 1 atom stereocenters. The highest BCUT2D eigenvalue weighted by atomic mass is 35.5. The predicted molar refractivity (Wildman–Crippen MR) is 99.8 cm³/mol. The first-order chi connectivity index (χ1) is 11.3. The van der Waals surface area contributed by atoms with Crippen molar-refractivity contribution in [2.45, 2.75) is 10.1 Å². The molecule has 0 saturated heterocycles. The molecule has 0 bridgehead atoms. The minimum atomic E-state index is 0.0811. The maximum Gasteiger partial charge on any atom is 0.0956 e. The Morgan fingerprint density at radius 3 is 2.00 bits per heavy atom. The molecule has 3 aromatic rings. The van der Waals surface area contributed by atoms with Crippen LogP contribution in [0.25, 0.3) is 0 Å². The van der Waals surface area contributed by atoms with Crippen LogP contribution in [0.4, 0.5) is 0 Å². The number of hydrogen-bond acceptors (Lipinski definition) is 1. The smallest absolute Gasteiger partial charge is 0.0956 e. The van der Waals surface area contributed by atoms with Crippen molar-refractivity contribution in [2.75, 3.05) is 0 Å². The van der Waals surface area contributed by atoms with Crippen LogP contribution in [0.3, 0.4) is 0 Å². The normalized spacial score (nSPS) is 11.3. The number of halogens is 1. The van der Waals surface area contributed by atoms with Crippen molar-refractivity contribution >= 4 is 23.4 Å². The second-order valence-corrected chi connectivity index (χ2v) is 6.61. The molecule has 0 aliphatic carbocycles. The highest BCUT2D eigenvalue weighted by Gasteiger charge is 2.10. The van der Waals surface area contributed by atoms with Crippen LogP contribution in [-0.2, 0) is 0 Å². The summed E-state index contributed by atoms with van der Waals surface area (Å²) in [7, 11) is 0. The summed E-state index contributed by atoms with van der Waals surface area (Å²) in [6.45, 7) is 0. The molecule has 0 aliphatic rings. The molecular formula is C21H15ClS. The fourth-order valence-corrected chi connectivity index (χ4v) is 3.23. The van der Waals surface area contributed by atoms with E-state index in [9.17, 15) is 0 Å². The second kappa shape index (κ2) is 7.92. The number of benzene rings is 3. The van der Waals surface area contributed by atoms with Gasteiger partial charge in [0.25, 0.3) is 0 Å². The van der Waals surface area contributed by atoms with Crippen LogP contribution in [0, 0.1) is 11.8 Å². The van der Waals surface area contributed by atoms with Gasteiger partial charge >= 0.3 is 0 Å².